The van der Waals surface area contributed by atoms with Crippen LogP contribution in [0.15, 0.2) is 42.5 Å². The van der Waals surface area contributed by atoms with E-state index in [9.17, 15) is 14.7 Å². The summed E-state index contributed by atoms with van der Waals surface area (Å²) in [4.78, 5) is 24.6. The molecule has 1 atom stereocenters. The van der Waals surface area contributed by atoms with E-state index < -0.39 is 11.5 Å². The summed E-state index contributed by atoms with van der Waals surface area (Å²) in [5.41, 5.74) is 3.01. The Bertz CT molecular complexity index is 1330. The third-order valence-corrected chi connectivity index (χ3v) is 7.02. The number of fused-ring (bicyclic) bond motifs is 2. The maximum atomic E-state index is 13.4. The predicted octanol–water partition coefficient (Wildman–Crippen LogP) is 3.83. The molecule has 1 aliphatic heterocycles. The van der Waals surface area contributed by atoms with Gasteiger partial charge >= 0.3 is 0 Å². The van der Waals surface area contributed by atoms with Gasteiger partial charge < -0.3 is 29.8 Å². The Kier molecular flexibility index (Phi) is 5.95. The van der Waals surface area contributed by atoms with Gasteiger partial charge in [0, 0.05) is 41.2 Å². The van der Waals surface area contributed by atoms with Crippen molar-refractivity contribution in [3.8, 4) is 11.5 Å². The number of amides is 2. The molecule has 0 radical (unpaired) electrons. The lowest BCUT2D eigenvalue weighted by molar-refractivity contribution is -0.119. The zero-order chi connectivity index (χ0) is 25.7. The van der Waals surface area contributed by atoms with Gasteiger partial charge in [0.25, 0.3) is 0 Å². The van der Waals surface area contributed by atoms with Crippen LogP contribution in [-0.4, -0.2) is 40.9 Å². The van der Waals surface area contributed by atoms with E-state index in [1.165, 1.54) is 6.92 Å². The summed E-state index contributed by atoms with van der Waals surface area (Å²) in [6, 6.07) is 13.7. The van der Waals surface area contributed by atoms with Gasteiger partial charge in [-0.2, -0.15) is 0 Å². The molecular weight excluding hydrogens is 458 g/mol. The van der Waals surface area contributed by atoms with Gasteiger partial charge in [0.2, 0.25) is 18.6 Å². The summed E-state index contributed by atoms with van der Waals surface area (Å²) in [5.74, 6) is 1.20. The highest BCUT2D eigenvalue weighted by Gasteiger charge is 2.51. The third kappa shape index (κ3) is 4.53. The molecule has 3 N–H and O–H groups in total. The Morgan fingerprint density at radius 2 is 1.83 bits per heavy atom. The van der Waals surface area contributed by atoms with Gasteiger partial charge in [0.1, 0.15) is 0 Å². The molecular formula is C28H33N3O5. The fraction of sp³-hybridized carbons (Fsp3) is 0.429. The Morgan fingerprint density at radius 3 is 2.53 bits per heavy atom. The number of aliphatic hydroxyl groups is 1. The average molecular weight is 492 g/mol. The number of nitrogens with zero attached hydrogens (tertiary/aromatic N) is 1. The second-order valence-electron chi connectivity index (χ2n) is 10.9. The van der Waals surface area contributed by atoms with Crippen molar-refractivity contribution < 1.29 is 24.2 Å². The molecule has 2 aliphatic rings. The van der Waals surface area contributed by atoms with Crippen molar-refractivity contribution in [3.05, 3.63) is 53.7 Å². The van der Waals surface area contributed by atoms with E-state index in [1.54, 1.807) is 0 Å². The number of carbonyl (C=O) groups excluding carboxylic acids is 2. The number of aromatic nitrogens is 1. The van der Waals surface area contributed by atoms with Crippen LogP contribution in [0.3, 0.4) is 0 Å². The minimum absolute atomic E-state index is 0.0260. The first-order valence-corrected chi connectivity index (χ1v) is 12.3. The van der Waals surface area contributed by atoms with Crippen molar-refractivity contribution in [1.29, 1.82) is 0 Å². The van der Waals surface area contributed by atoms with Crippen LogP contribution in [0.4, 0.5) is 5.69 Å². The molecule has 1 unspecified atom stereocenters. The average Bonchev–Trinajstić information content (AvgIpc) is 3.36. The first kappa shape index (κ1) is 24.2. The molecule has 2 aromatic carbocycles. The summed E-state index contributed by atoms with van der Waals surface area (Å²) in [5, 5.41) is 17.3. The molecule has 5 rings (SSSR count). The van der Waals surface area contributed by atoms with E-state index in [1.807, 2.05) is 36.4 Å². The number of nitrogens with one attached hydrogen (secondary N) is 2. The Balaban J connectivity index is 1.39. The van der Waals surface area contributed by atoms with Crippen molar-refractivity contribution in [1.82, 2.24) is 9.88 Å². The number of hydrogen-bond acceptors (Lipinski definition) is 5. The van der Waals surface area contributed by atoms with Gasteiger partial charge in [-0.1, -0.05) is 26.8 Å². The zero-order valence-electron chi connectivity index (χ0n) is 21.2. The number of rotatable bonds is 7. The second-order valence-corrected chi connectivity index (χ2v) is 10.9. The molecule has 1 aromatic heterocycles. The topological polar surface area (TPSA) is 102 Å². The lowest BCUT2D eigenvalue weighted by atomic mass is 9.92. The van der Waals surface area contributed by atoms with Crippen LogP contribution in [0, 0.1) is 0 Å². The lowest BCUT2D eigenvalue weighted by Gasteiger charge is -2.24. The van der Waals surface area contributed by atoms with Crippen molar-refractivity contribution >= 4 is 28.4 Å². The Morgan fingerprint density at radius 1 is 1.08 bits per heavy atom. The minimum Gasteiger partial charge on any atom is -0.454 e. The quantitative estimate of drug-likeness (QED) is 0.466. The van der Waals surface area contributed by atoms with Crippen molar-refractivity contribution in [2.24, 2.45) is 0 Å². The highest BCUT2D eigenvalue weighted by atomic mass is 16.7. The summed E-state index contributed by atoms with van der Waals surface area (Å²) in [7, 11) is 0. The summed E-state index contributed by atoms with van der Waals surface area (Å²) >= 11 is 0. The minimum atomic E-state index is -0.721. The number of aliphatic hydroxyl groups excluding tert-OH is 1. The number of benzene rings is 2. The second kappa shape index (κ2) is 8.85. The zero-order valence-corrected chi connectivity index (χ0v) is 21.2. The van der Waals surface area contributed by atoms with Gasteiger partial charge in [-0.25, -0.2) is 0 Å². The summed E-state index contributed by atoms with van der Waals surface area (Å²) in [6.45, 7) is 8.57. The molecule has 2 amide bonds. The highest BCUT2D eigenvalue weighted by molar-refractivity contribution is 6.02. The molecule has 1 aliphatic carbocycles. The molecule has 1 fully saturated rings. The smallest absolute Gasteiger partial charge is 0.235 e. The summed E-state index contributed by atoms with van der Waals surface area (Å²) in [6.07, 6.45) is 0.857. The summed E-state index contributed by atoms with van der Waals surface area (Å²) < 4.78 is 13.0. The molecule has 0 bridgehead atoms. The fourth-order valence-corrected chi connectivity index (χ4v) is 4.92. The normalized spacial score (nSPS) is 16.6. The van der Waals surface area contributed by atoms with Crippen LogP contribution in [0.2, 0.25) is 0 Å². The van der Waals surface area contributed by atoms with Crippen LogP contribution in [0.1, 0.15) is 51.8 Å². The molecule has 0 saturated heterocycles. The van der Waals surface area contributed by atoms with E-state index in [0.717, 1.165) is 40.7 Å². The van der Waals surface area contributed by atoms with Crippen LogP contribution < -0.4 is 20.1 Å². The fourth-order valence-electron chi connectivity index (χ4n) is 4.92. The molecule has 2 heterocycles. The Hall–Kier alpha value is -3.52. The first-order chi connectivity index (χ1) is 17.1. The van der Waals surface area contributed by atoms with Gasteiger partial charge in [-0.15, -0.1) is 0 Å². The van der Waals surface area contributed by atoms with Crippen LogP contribution in [0.25, 0.3) is 10.9 Å². The van der Waals surface area contributed by atoms with E-state index in [0.29, 0.717) is 18.0 Å². The number of anilines is 1. The predicted molar refractivity (Wildman–Crippen MR) is 137 cm³/mol. The van der Waals surface area contributed by atoms with Crippen LogP contribution in [-0.2, 0) is 27.0 Å². The maximum absolute atomic E-state index is 13.4. The van der Waals surface area contributed by atoms with E-state index in [4.69, 9.17) is 9.47 Å². The molecule has 8 heteroatoms. The molecule has 1 saturated carbocycles. The third-order valence-electron chi connectivity index (χ3n) is 7.02. The van der Waals surface area contributed by atoms with Crippen molar-refractivity contribution in [2.45, 2.75) is 64.0 Å². The molecule has 8 nitrogen and oxygen atoms in total. The van der Waals surface area contributed by atoms with Crippen LogP contribution in [0.5, 0.6) is 11.5 Å². The number of hydrogen-bond donors (Lipinski definition) is 3. The SMILES string of the molecule is CC(=O)NCC(O)Cn1c(C(C)(C)C)cc2cc(NC(=O)C3(c4ccc5c(c4)OCO5)CC3)ccc21. The van der Waals surface area contributed by atoms with Crippen molar-refractivity contribution in [2.75, 3.05) is 18.7 Å². The first-order valence-electron chi connectivity index (χ1n) is 12.3. The maximum Gasteiger partial charge on any atom is 0.235 e. The largest absolute Gasteiger partial charge is 0.454 e. The highest BCUT2D eigenvalue weighted by Crippen LogP contribution is 2.51. The van der Waals surface area contributed by atoms with E-state index in [2.05, 4.69) is 42.0 Å². The monoisotopic (exact) mass is 491 g/mol. The van der Waals surface area contributed by atoms with Gasteiger partial charge in [0.05, 0.1) is 18.1 Å². The standard InChI is InChI=1S/C28H33N3O5/c1-17(32)29-14-21(33)15-31-22-7-6-20(11-18(22)12-25(31)27(2,3)4)30-26(34)28(9-10-28)19-5-8-23-24(13-19)36-16-35-23/h5-8,11-13,21,33H,9-10,14-16H2,1-4H3,(H,29,32)(H,30,34). The molecule has 3 aromatic rings. The van der Waals surface area contributed by atoms with Gasteiger partial charge in [-0.3, -0.25) is 9.59 Å². The van der Waals surface area contributed by atoms with Gasteiger partial charge in [0.15, 0.2) is 11.5 Å². The lowest BCUT2D eigenvalue weighted by Crippen LogP contribution is -2.34. The van der Waals surface area contributed by atoms with Gasteiger partial charge in [-0.05, 0) is 54.8 Å². The molecule has 0 spiro atoms. The molecule has 36 heavy (non-hydrogen) atoms. The van der Waals surface area contributed by atoms with Crippen molar-refractivity contribution in [3.63, 3.8) is 0 Å². The van der Waals surface area contributed by atoms with E-state index >= 15 is 0 Å². The number of carbonyl (C=O) groups is 2. The number of ether oxygens (including phenoxy) is 2. The van der Waals surface area contributed by atoms with E-state index in [-0.39, 0.29) is 30.6 Å². The Labute approximate surface area is 210 Å². The van der Waals surface area contributed by atoms with Crippen LogP contribution >= 0.6 is 0 Å². The molecule has 190 valence electrons.